The van der Waals surface area contributed by atoms with Gasteiger partial charge in [-0.1, -0.05) is 30.3 Å². The van der Waals surface area contributed by atoms with Gasteiger partial charge in [-0.15, -0.1) is 0 Å². The molecule has 164 valence electrons. The van der Waals surface area contributed by atoms with Crippen molar-refractivity contribution in [2.24, 2.45) is 0 Å². The lowest BCUT2D eigenvalue weighted by molar-refractivity contribution is -0.00338. The Balaban J connectivity index is 1.54. The lowest BCUT2D eigenvalue weighted by Crippen LogP contribution is -2.26. The van der Waals surface area contributed by atoms with E-state index in [0.29, 0.717) is 5.56 Å². The van der Waals surface area contributed by atoms with Crippen LogP contribution in [0.5, 0.6) is 0 Å². The van der Waals surface area contributed by atoms with Gasteiger partial charge in [0.1, 0.15) is 17.2 Å². The normalized spacial score (nSPS) is 11.8. The Labute approximate surface area is 193 Å². The summed E-state index contributed by atoms with van der Waals surface area (Å²) in [6.45, 7) is 3.24. The molecule has 0 unspecified atom stereocenters. The summed E-state index contributed by atoms with van der Waals surface area (Å²) < 4.78 is 35.6. The number of carbonyl (C=O) groups excluding carboxylic acids is 1. The number of ether oxygens (including phenoxy) is 1. The number of halogens is 2. The molecular weight excluding hydrogens is 438 g/mol. The van der Waals surface area contributed by atoms with E-state index >= 15 is 0 Å². The number of carbonyl (C=O) groups is 1. The molecule has 0 aliphatic carbocycles. The van der Waals surface area contributed by atoms with Gasteiger partial charge in [0.25, 0.3) is 0 Å². The first kappa shape index (κ1) is 21.3. The Morgan fingerprint density at radius 1 is 0.758 bits per heavy atom. The average Bonchev–Trinajstić information content (AvgIpc) is 3.13. The highest BCUT2D eigenvalue weighted by molar-refractivity contribution is 7.50. The van der Waals surface area contributed by atoms with Crippen LogP contribution in [0, 0.1) is 11.6 Å². The van der Waals surface area contributed by atoms with Crippen molar-refractivity contribution in [1.82, 2.24) is 0 Å². The van der Waals surface area contributed by atoms with E-state index in [1.807, 2.05) is 42.5 Å². The summed E-state index contributed by atoms with van der Waals surface area (Å²) in [5.74, 6) is -1.97. The van der Waals surface area contributed by atoms with Gasteiger partial charge in [0.05, 0.1) is 5.56 Å². The number of fused-ring (bicyclic) bond motifs is 3. The molecule has 5 rings (SSSR count). The predicted octanol–water partition coefficient (Wildman–Crippen LogP) is 8.10. The third kappa shape index (κ3) is 3.89. The van der Waals surface area contributed by atoms with Crippen LogP contribution in [-0.2, 0) is 10.3 Å². The maximum Gasteiger partial charge on any atom is 0.339 e. The van der Waals surface area contributed by atoms with Gasteiger partial charge in [0.15, 0.2) is 14.3 Å². The zero-order chi connectivity index (χ0) is 23.2. The van der Waals surface area contributed by atoms with Crippen molar-refractivity contribution in [2.75, 3.05) is 0 Å². The van der Waals surface area contributed by atoms with Crippen molar-refractivity contribution in [3.8, 4) is 4.90 Å². The zero-order valence-corrected chi connectivity index (χ0v) is 19.0. The zero-order valence-electron chi connectivity index (χ0n) is 18.1. The van der Waals surface area contributed by atoms with Crippen molar-refractivity contribution in [2.45, 2.75) is 19.4 Å². The molecule has 0 aliphatic rings. The van der Waals surface area contributed by atoms with Gasteiger partial charge in [0.2, 0.25) is 0 Å². The summed E-state index contributed by atoms with van der Waals surface area (Å²) in [5.41, 5.74) is -0.554. The fraction of sp³-hybridized carbons (Fsp3) is 0.107. The van der Waals surface area contributed by atoms with Crippen molar-refractivity contribution >= 4 is 36.6 Å². The van der Waals surface area contributed by atoms with Crippen molar-refractivity contribution < 1.29 is 18.3 Å². The second-order valence-corrected chi connectivity index (χ2v) is 10.3. The van der Waals surface area contributed by atoms with Crippen molar-refractivity contribution in [1.29, 1.82) is 0 Å². The SMILES string of the molecule is CC(C)(OC(=O)c1cccc(-[s+]2c3ccccc3c3ccccc32)c1)c1cc(F)cc(F)c1. The van der Waals surface area contributed by atoms with Crippen molar-refractivity contribution in [3.63, 3.8) is 0 Å². The smallest absolute Gasteiger partial charge is 0.339 e. The number of rotatable bonds is 4. The van der Waals surface area contributed by atoms with Crippen LogP contribution < -0.4 is 0 Å². The highest BCUT2D eigenvalue weighted by atomic mass is 32.2. The number of thiophene rings is 1. The Hall–Kier alpha value is -3.57. The van der Waals surface area contributed by atoms with E-state index in [4.69, 9.17) is 4.74 Å². The van der Waals surface area contributed by atoms with E-state index in [-0.39, 0.29) is 16.0 Å². The summed E-state index contributed by atoms with van der Waals surface area (Å²) in [5, 5.41) is 2.41. The molecule has 1 heterocycles. The summed E-state index contributed by atoms with van der Waals surface area (Å²) in [6.07, 6.45) is 0. The fourth-order valence-corrected chi connectivity index (χ4v) is 6.54. The average molecular weight is 460 g/mol. The fourth-order valence-electron chi connectivity index (χ4n) is 4.11. The predicted molar refractivity (Wildman–Crippen MR) is 130 cm³/mol. The third-order valence-corrected chi connectivity index (χ3v) is 8.03. The maximum atomic E-state index is 13.7. The molecule has 0 aliphatic heterocycles. The number of esters is 1. The van der Waals surface area contributed by atoms with Crippen LogP contribution in [0.2, 0.25) is 0 Å². The summed E-state index contributed by atoms with van der Waals surface area (Å²) in [7, 11) is -0.340. The lowest BCUT2D eigenvalue weighted by atomic mass is 9.97. The minimum Gasteiger partial charge on any atom is -0.451 e. The van der Waals surface area contributed by atoms with Crippen LogP contribution in [0.4, 0.5) is 8.78 Å². The first-order valence-corrected chi connectivity index (χ1v) is 11.8. The van der Waals surface area contributed by atoms with Crippen LogP contribution >= 0.6 is 10.5 Å². The molecule has 5 heteroatoms. The van der Waals surface area contributed by atoms with E-state index < -0.39 is 23.2 Å². The van der Waals surface area contributed by atoms with Crippen LogP contribution in [0.25, 0.3) is 25.1 Å². The molecule has 2 nitrogen and oxygen atoms in total. The molecule has 0 N–H and O–H groups in total. The first-order valence-electron chi connectivity index (χ1n) is 10.6. The van der Waals surface area contributed by atoms with Gasteiger partial charge >= 0.3 is 5.97 Å². The minimum absolute atomic E-state index is 0.255. The largest absolute Gasteiger partial charge is 0.451 e. The number of benzene rings is 4. The van der Waals surface area contributed by atoms with E-state index in [1.54, 1.807) is 19.9 Å². The number of hydrogen-bond acceptors (Lipinski definition) is 2. The van der Waals surface area contributed by atoms with Gasteiger partial charge < -0.3 is 4.74 Å². The minimum atomic E-state index is -1.20. The molecule has 0 atom stereocenters. The van der Waals surface area contributed by atoms with Crippen LogP contribution in [0.3, 0.4) is 0 Å². The van der Waals surface area contributed by atoms with Crippen LogP contribution in [0.1, 0.15) is 29.8 Å². The van der Waals surface area contributed by atoms with E-state index in [0.717, 1.165) is 11.0 Å². The molecule has 0 amide bonds. The quantitative estimate of drug-likeness (QED) is 0.200. The molecule has 4 aromatic carbocycles. The van der Waals surface area contributed by atoms with Gasteiger partial charge in [-0.25, -0.2) is 13.6 Å². The van der Waals surface area contributed by atoms with Crippen LogP contribution in [0.15, 0.2) is 91.0 Å². The monoisotopic (exact) mass is 459 g/mol. The Kier molecular flexibility index (Phi) is 5.22. The molecule has 0 bridgehead atoms. The lowest BCUT2D eigenvalue weighted by Gasteiger charge is -2.25. The summed E-state index contributed by atoms with van der Waals surface area (Å²) in [6, 6.07) is 27.2. The van der Waals surface area contributed by atoms with E-state index in [2.05, 4.69) is 24.3 Å². The van der Waals surface area contributed by atoms with Crippen LogP contribution in [-0.4, -0.2) is 5.97 Å². The van der Waals surface area contributed by atoms with Gasteiger partial charge in [-0.2, -0.15) is 0 Å². The highest BCUT2D eigenvalue weighted by Crippen LogP contribution is 2.48. The second kappa shape index (κ2) is 8.09. The first-order chi connectivity index (χ1) is 15.8. The van der Waals surface area contributed by atoms with E-state index in [1.165, 1.54) is 32.3 Å². The molecule has 0 fully saturated rings. The molecule has 0 radical (unpaired) electrons. The van der Waals surface area contributed by atoms with Gasteiger partial charge in [0, 0.05) is 38.9 Å². The standard InChI is InChI=1S/C28H21F2O2S/c1-28(2,19-15-20(29)17-21(30)16-19)32-27(31)18-8-7-9-22(14-18)33-25-12-5-3-10-23(25)24-11-4-6-13-26(24)33/h3-17H,1-2H3/q+1. The second-order valence-electron chi connectivity index (χ2n) is 8.38. The third-order valence-electron chi connectivity index (χ3n) is 5.72. The molecule has 5 aromatic rings. The van der Waals surface area contributed by atoms with Crippen molar-refractivity contribution in [3.05, 3.63) is 114 Å². The highest BCUT2D eigenvalue weighted by Gasteiger charge is 2.29. The molecule has 0 saturated heterocycles. The molecule has 0 spiro atoms. The van der Waals surface area contributed by atoms with Gasteiger partial charge in [-0.05, 0) is 62.4 Å². The van der Waals surface area contributed by atoms with Gasteiger partial charge in [-0.3, -0.25) is 0 Å². The Morgan fingerprint density at radius 3 is 1.94 bits per heavy atom. The van der Waals surface area contributed by atoms with E-state index in [9.17, 15) is 13.6 Å². The molecule has 33 heavy (non-hydrogen) atoms. The maximum absolute atomic E-state index is 13.7. The Bertz CT molecular complexity index is 1440. The Morgan fingerprint density at radius 2 is 1.33 bits per heavy atom. The number of hydrogen-bond donors (Lipinski definition) is 0. The molecule has 0 saturated carbocycles. The molecular formula is C28H21F2O2S+. The summed E-state index contributed by atoms with van der Waals surface area (Å²) >= 11 is 0. The topological polar surface area (TPSA) is 26.3 Å². The summed E-state index contributed by atoms with van der Waals surface area (Å²) in [4.78, 5) is 14.1. The molecule has 1 aromatic heterocycles.